The molecule has 0 atom stereocenters. The fourth-order valence-electron chi connectivity index (χ4n) is 0.113. The molecule has 0 rings (SSSR count). The first kappa shape index (κ1) is 6.30. The molecule has 0 heterocycles. The molecule has 0 spiro atoms. The van der Waals surface area contributed by atoms with Crippen LogP contribution in [0, 0.1) is 0 Å². The Morgan fingerprint density at radius 3 is 2.57 bits per heavy atom. The molecule has 2 nitrogen and oxygen atoms in total. The SMILES string of the molecule is OC=COC=C[S]. The standard InChI is InChI=1S/C4H5O2S/c5-1-2-6-3-4-7/h1-5H. The lowest BCUT2D eigenvalue weighted by Crippen LogP contribution is -1.60. The Hall–Kier alpha value is -0.700. The van der Waals surface area contributed by atoms with Gasteiger partial charge in [0.05, 0.1) is 0 Å². The summed E-state index contributed by atoms with van der Waals surface area (Å²) in [6.07, 6.45) is 3.18. The van der Waals surface area contributed by atoms with E-state index in [4.69, 9.17) is 5.11 Å². The van der Waals surface area contributed by atoms with Crippen LogP contribution in [0.3, 0.4) is 0 Å². The third-order valence-corrected chi connectivity index (χ3v) is 0.385. The minimum Gasteiger partial charge on any atom is -0.512 e. The number of hydrogen-bond acceptors (Lipinski definition) is 2. The Labute approximate surface area is 47.5 Å². The predicted molar refractivity (Wildman–Crippen MR) is 29.6 cm³/mol. The van der Waals surface area contributed by atoms with E-state index in [9.17, 15) is 0 Å². The molecular weight excluding hydrogens is 112 g/mol. The van der Waals surface area contributed by atoms with E-state index in [1.54, 1.807) is 0 Å². The maximum Gasteiger partial charge on any atom is 0.124 e. The van der Waals surface area contributed by atoms with Crippen molar-refractivity contribution < 1.29 is 9.84 Å². The molecule has 1 radical (unpaired) electrons. The molecule has 0 unspecified atom stereocenters. The van der Waals surface area contributed by atoms with Gasteiger partial charge in [-0.3, -0.25) is 0 Å². The van der Waals surface area contributed by atoms with Crippen LogP contribution in [0.2, 0.25) is 0 Å². The molecule has 3 heteroatoms. The van der Waals surface area contributed by atoms with Crippen LogP contribution in [-0.2, 0) is 4.74 Å². The largest absolute Gasteiger partial charge is 0.512 e. The number of aliphatic hydroxyl groups excluding tert-OH is 1. The summed E-state index contributed by atoms with van der Waals surface area (Å²) in [5.41, 5.74) is 0. The molecule has 0 amide bonds. The van der Waals surface area contributed by atoms with Crippen LogP contribution >= 0.6 is 12.6 Å². The van der Waals surface area contributed by atoms with Crippen molar-refractivity contribution in [3.8, 4) is 0 Å². The van der Waals surface area contributed by atoms with Crippen molar-refractivity contribution >= 4 is 12.6 Å². The Morgan fingerprint density at radius 1 is 1.43 bits per heavy atom. The van der Waals surface area contributed by atoms with Crippen LogP contribution in [-0.4, -0.2) is 5.11 Å². The Balaban J connectivity index is 2.98. The van der Waals surface area contributed by atoms with Crippen LogP contribution < -0.4 is 0 Å². The van der Waals surface area contributed by atoms with Crippen molar-refractivity contribution in [1.29, 1.82) is 0 Å². The molecule has 0 saturated carbocycles. The van der Waals surface area contributed by atoms with Gasteiger partial charge in [0, 0.05) is 5.41 Å². The highest BCUT2D eigenvalue weighted by Crippen LogP contribution is 1.79. The van der Waals surface area contributed by atoms with E-state index in [-0.39, 0.29) is 0 Å². The van der Waals surface area contributed by atoms with E-state index in [1.165, 1.54) is 11.7 Å². The molecule has 0 aromatic carbocycles. The van der Waals surface area contributed by atoms with Gasteiger partial charge in [0.15, 0.2) is 0 Å². The summed E-state index contributed by atoms with van der Waals surface area (Å²) in [6.45, 7) is 0. The van der Waals surface area contributed by atoms with Gasteiger partial charge in [-0.2, -0.15) is 0 Å². The highest BCUT2D eigenvalue weighted by atomic mass is 32.1. The summed E-state index contributed by atoms with van der Waals surface area (Å²) in [4.78, 5) is 0. The van der Waals surface area contributed by atoms with Gasteiger partial charge in [-0.15, -0.1) is 0 Å². The minimum atomic E-state index is 0.787. The molecule has 0 aliphatic carbocycles. The highest BCUT2D eigenvalue weighted by molar-refractivity contribution is 7.83. The van der Waals surface area contributed by atoms with Crippen molar-refractivity contribution in [1.82, 2.24) is 0 Å². The van der Waals surface area contributed by atoms with E-state index in [0.717, 1.165) is 12.5 Å². The average Bonchev–Trinajstić information content (AvgIpc) is 1.69. The zero-order valence-electron chi connectivity index (χ0n) is 3.57. The summed E-state index contributed by atoms with van der Waals surface area (Å²) in [5, 5.41) is 9.22. The number of ether oxygens (including phenoxy) is 1. The Bertz CT molecular complexity index is 67.8. The normalized spacial score (nSPS) is 10.9. The first-order valence-electron chi connectivity index (χ1n) is 1.63. The van der Waals surface area contributed by atoms with E-state index in [1.807, 2.05) is 0 Å². The summed E-state index contributed by atoms with van der Waals surface area (Å²) >= 11 is 4.34. The number of aliphatic hydroxyl groups is 1. The van der Waals surface area contributed by atoms with Gasteiger partial charge < -0.3 is 9.84 Å². The van der Waals surface area contributed by atoms with Crippen molar-refractivity contribution in [2.45, 2.75) is 0 Å². The van der Waals surface area contributed by atoms with Crippen LogP contribution in [0.5, 0.6) is 0 Å². The Kier molecular flexibility index (Phi) is 4.77. The maximum absolute atomic E-state index is 7.92. The monoisotopic (exact) mass is 117 g/mol. The Morgan fingerprint density at radius 2 is 2.14 bits per heavy atom. The second-order valence-corrected chi connectivity index (χ2v) is 0.966. The van der Waals surface area contributed by atoms with Gasteiger partial charge in [-0.25, -0.2) is 0 Å². The van der Waals surface area contributed by atoms with Crippen molar-refractivity contribution in [2.24, 2.45) is 0 Å². The first-order chi connectivity index (χ1) is 3.41. The van der Waals surface area contributed by atoms with Gasteiger partial charge in [0.25, 0.3) is 0 Å². The molecule has 39 valence electrons. The van der Waals surface area contributed by atoms with Gasteiger partial charge in [-0.05, 0) is 0 Å². The van der Waals surface area contributed by atoms with Crippen LogP contribution in [0.25, 0.3) is 0 Å². The molecule has 0 aromatic heterocycles. The minimum absolute atomic E-state index is 0.787. The molecule has 7 heavy (non-hydrogen) atoms. The van der Waals surface area contributed by atoms with Crippen LogP contribution in [0.4, 0.5) is 0 Å². The van der Waals surface area contributed by atoms with Gasteiger partial charge in [0.2, 0.25) is 0 Å². The van der Waals surface area contributed by atoms with Crippen molar-refractivity contribution in [2.75, 3.05) is 0 Å². The third-order valence-electron chi connectivity index (χ3n) is 0.274. The molecule has 0 aliphatic heterocycles. The van der Waals surface area contributed by atoms with Crippen LogP contribution in [0.15, 0.2) is 24.2 Å². The molecule has 0 bridgehead atoms. The topological polar surface area (TPSA) is 29.5 Å². The van der Waals surface area contributed by atoms with Gasteiger partial charge in [-0.1, -0.05) is 12.6 Å². The smallest absolute Gasteiger partial charge is 0.124 e. The third kappa shape index (κ3) is 5.30. The molecule has 0 saturated heterocycles. The predicted octanol–water partition coefficient (Wildman–Crippen LogP) is 1.70. The fraction of sp³-hybridized carbons (Fsp3) is 0. The fourth-order valence-corrected chi connectivity index (χ4v) is 0.177. The zero-order chi connectivity index (χ0) is 5.54. The first-order valence-corrected chi connectivity index (χ1v) is 2.10. The van der Waals surface area contributed by atoms with Crippen molar-refractivity contribution in [3.63, 3.8) is 0 Å². The van der Waals surface area contributed by atoms with Crippen molar-refractivity contribution in [3.05, 3.63) is 24.2 Å². The zero-order valence-corrected chi connectivity index (χ0v) is 4.39. The second kappa shape index (κ2) is 5.30. The van der Waals surface area contributed by atoms with E-state index < -0.39 is 0 Å². The molecule has 0 aromatic rings. The number of rotatable bonds is 2. The number of hydrogen-bond donors (Lipinski definition) is 1. The van der Waals surface area contributed by atoms with Gasteiger partial charge >= 0.3 is 0 Å². The molecule has 0 aliphatic rings. The van der Waals surface area contributed by atoms with E-state index in [0.29, 0.717) is 0 Å². The maximum atomic E-state index is 7.92. The lowest BCUT2D eigenvalue weighted by molar-refractivity contribution is 0.368. The summed E-state index contributed by atoms with van der Waals surface area (Å²) in [5.74, 6) is 0. The average molecular weight is 117 g/mol. The van der Waals surface area contributed by atoms with Crippen LogP contribution in [0.1, 0.15) is 0 Å². The lowest BCUT2D eigenvalue weighted by atomic mass is 11.0. The molecule has 1 N–H and O–H groups in total. The summed E-state index contributed by atoms with van der Waals surface area (Å²) in [7, 11) is 0. The van der Waals surface area contributed by atoms with E-state index in [2.05, 4.69) is 17.4 Å². The molecule has 0 fully saturated rings. The van der Waals surface area contributed by atoms with E-state index >= 15 is 0 Å². The van der Waals surface area contributed by atoms with Gasteiger partial charge in [0.1, 0.15) is 18.8 Å². The summed E-state index contributed by atoms with van der Waals surface area (Å²) in [6, 6.07) is 0. The second-order valence-electron chi connectivity index (χ2n) is 0.693. The highest BCUT2D eigenvalue weighted by Gasteiger charge is 1.60. The quantitative estimate of drug-likeness (QED) is 0.558. The molecular formula is C4H5O2S. The summed E-state index contributed by atoms with van der Waals surface area (Å²) < 4.78 is 4.42. The lowest BCUT2D eigenvalue weighted by Gasteiger charge is -1.80.